The van der Waals surface area contributed by atoms with Gasteiger partial charge in [-0.3, -0.25) is 0 Å². The Morgan fingerprint density at radius 2 is 2.44 bits per heavy atom. The quantitative estimate of drug-likeness (QED) is 0.819. The predicted molar refractivity (Wildman–Crippen MR) is 70.5 cm³/mol. The normalized spacial score (nSPS) is 19.7. The average molecular weight is 245 g/mol. The molecule has 2 aromatic rings. The predicted octanol–water partition coefficient (Wildman–Crippen LogP) is 1.99. The van der Waals surface area contributed by atoms with Gasteiger partial charge in [0.15, 0.2) is 0 Å². The van der Waals surface area contributed by atoms with E-state index in [-0.39, 0.29) is 0 Å². The second kappa shape index (κ2) is 5.50. The van der Waals surface area contributed by atoms with Gasteiger partial charge in [-0.25, -0.2) is 4.98 Å². The number of ether oxygens (including phenoxy) is 1. The molecular formula is C14H19N3O. The molecule has 0 aliphatic carbocycles. The van der Waals surface area contributed by atoms with Gasteiger partial charge in [0.25, 0.3) is 0 Å². The summed E-state index contributed by atoms with van der Waals surface area (Å²) in [6, 6.07) is 6.05. The minimum absolute atomic E-state index is 0.471. The second-order valence-electron chi connectivity index (χ2n) is 4.80. The SMILES string of the molecule is c1ccn2cc(CNCCC3CCCO3)nc2c1. The Balaban J connectivity index is 1.47. The fourth-order valence-corrected chi connectivity index (χ4v) is 2.42. The van der Waals surface area contributed by atoms with E-state index >= 15 is 0 Å². The maximum atomic E-state index is 5.59. The third-order valence-corrected chi connectivity index (χ3v) is 3.39. The highest BCUT2D eigenvalue weighted by Crippen LogP contribution is 2.14. The van der Waals surface area contributed by atoms with E-state index in [9.17, 15) is 0 Å². The first kappa shape index (κ1) is 11.7. The molecule has 1 aliphatic rings. The number of pyridine rings is 1. The van der Waals surface area contributed by atoms with Gasteiger partial charge in [0.2, 0.25) is 0 Å². The lowest BCUT2D eigenvalue weighted by Crippen LogP contribution is -2.19. The summed E-state index contributed by atoms with van der Waals surface area (Å²) >= 11 is 0. The van der Waals surface area contributed by atoms with Crippen LogP contribution in [-0.4, -0.2) is 28.6 Å². The lowest BCUT2D eigenvalue weighted by atomic mass is 10.2. The summed E-state index contributed by atoms with van der Waals surface area (Å²) in [7, 11) is 0. The van der Waals surface area contributed by atoms with E-state index in [1.165, 1.54) is 12.8 Å². The minimum atomic E-state index is 0.471. The molecule has 1 fully saturated rings. The maximum absolute atomic E-state index is 5.59. The van der Waals surface area contributed by atoms with E-state index in [2.05, 4.69) is 20.9 Å². The van der Waals surface area contributed by atoms with Crippen LogP contribution in [0.25, 0.3) is 5.65 Å². The summed E-state index contributed by atoms with van der Waals surface area (Å²) in [5, 5.41) is 3.43. The first-order valence-electron chi connectivity index (χ1n) is 6.67. The zero-order chi connectivity index (χ0) is 12.2. The Morgan fingerprint density at radius 3 is 3.28 bits per heavy atom. The molecule has 3 rings (SSSR count). The van der Waals surface area contributed by atoms with Crippen LogP contribution in [0.3, 0.4) is 0 Å². The molecule has 3 heterocycles. The van der Waals surface area contributed by atoms with Gasteiger partial charge in [-0.15, -0.1) is 0 Å². The van der Waals surface area contributed by atoms with E-state index in [4.69, 9.17) is 4.74 Å². The first-order chi connectivity index (χ1) is 8.92. The number of nitrogens with zero attached hydrogens (tertiary/aromatic N) is 2. The highest BCUT2D eigenvalue weighted by molar-refractivity contribution is 5.39. The average Bonchev–Trinajstić information content (AvgIpc) is 3.03. The molecule has 1 N–H and O–H groups in total. The lowest BCUT2D eigenvalue weighted by molar-refractivity contribution is 0.104. The van der Waals surface area contributed by atoms with Crippen LogP contribution in [-0.2, 0) is 11.3 Å². The summed E-state index contributed by atoms with van der Waals surface area (Å²) in [6.45, 7) is 2.77. The van der Waals surface area contributed by atoms with Crippen LogP contribution in [0.2, 0.25) is 0 Å². The van der Waals surface area contributed by atoms with Crippen LogP contribution in [0.5, 0.6) is 0 Å². The van der Waals surface area contributed by atoms with Crippen LogP contribution >= 0.6 is 0 Å². The van der Waals surface area contributed by atoms with Crippen molar-refractivity contribution in [3.05, 3.63) is 36.3 Å². The smallest absolute Gasteiger partial charge is 0.137 e. The van der Waals surface area contributed by atoms with E-state index in [1.54, 1.807) is 0 Å². The fourth-order valence-electron chi connectivity index (χ4n) is 2.42. The van der Waals surface area contributed by atoms with Crippen molar-refractivity contribution in [3.63, 3.8) is 0 Å². The molecule has 0 radical (unpaired) electrons. The van der Waals surface area contributed by atoms with Gasteiger partial charge in [0, 0.05) is 25.5 Å². The topological polar surface area (TPSA) is 38.6 Å². The molecule has 0 amide bonds. The number of aromatic nitrogens is 2. The van der Waals surface area contributed by atoms with Gasteiger partial charge in [-0.2, -0.15) is 0 Å². The largest absolute Gasteiger partial charge is 0.378 e. The molecule has 1 aliphatic heterocycles. The molecule has 1 unspecified atom stereocenters. The Kier molecular flexibility index (Phi) is 3.57. The summed E-state index contributed by atoms with van der Waals surface area (Å²) in [4.78, 5) is 4.55. The molecule has 0 aromatic carbocycles. The molecule has 1 atom stereocenters. The molecule has 0 spiro atoms. The van der Waals surface area contributed by atoms with Gasteiger partial charge in [0.1, 0.15) is 5.65 Å². The van der Waals surface area contributed by atoms with E-state index in [0.29, 0.717) is 6.10 Å². The number of fused-ring (bicyclic) bond motifs is 1. The number of hydrogen-bond acceptors (Lipinski definition) is 3. The zero-order valence-electron chi connectivity index (χ0n) is 10.5. The third-order valence-electron chi connectivity index (χ3n) is 3.39. The van der Waals surface area contributed by atoms with E-state index < -0.39 is 0 Å². The van der Waals surface area contributed by atoms with Crippen molar-refractivity contribution in [2.24, 2.45) is 0 Å². The number of nitrogens with one attached hydrogen (secondary N) is 1. The summed E-state index contributed by atoms with van der Waals surface area (Å²) in [5.74, 6) is 0. The van der Waals surface area contributed by atoms with Gasteiger partial charge in [0.05, 0.1) is 11.8 Å². The summed E-state index contributed by atoms with van der Waals surface area (Å²) < 4.78 is 7.65. The van der Waals surface area contributed by atoms with Crippen molar-refractivity contribution in [2.45, 2.75) is 31.9 Å². The standard InChI is InChI=1S/C14H19N3O/c1-2-8-17-11-12(16-14(17)5-1)10-15-7-6-13-4-3-9-18-13/h1-2,5,8,11,13,15H,3-4,6-7,9-10H2. The van der Waals surface area contributed by atoms with Crippen molar-refractivity contribution in [1.29, 1.82) is 0 Å². The van der Waals surface area contributed by atoms with Crippen molar-refractivity contribution in [2.75, 3.05) is 13.2 Å². The molecule has 18 heavy (non-hydrogen) atoms. The molecule has 96 valence electrons. The van der Waals surface area contributed by atoms with Crippen LogP contribution in [0.1, 0.15) is 25.0 Å². The molecule has 0 saturated carbocycles. The van der Waals surface area contributed by atoms with Crippen LogP contribution < -0.4 is 5.32 Å². The Labute approximate surface area is 107 Å². The summed E-state index contributed by atoms with van der Waals surface area (Å²) in [6.07, 6.45) is 8.12. The van der Waals surface area contributed by atoms with E-state index in [0.717, 1.165) is 37.5 Å². The van der Waals surface area contributed by atoms with Gasteiger partial charge >= 0.3 is 0 Å². The molecular weight excluding hydrogens is 226 g/mol. The number of hydrogen-bond donors (Lipinski definition) is 1. The molecule has 1 saturated heterocycles. The van der Waals surface area contributed by atoms with Crippen molar-refractivity contribution in [3.8, 4) is 0 Å². The summed E-state index contributed by atoms with van der Waals surface area (Å²) in [5.41, 5.74) is 2.10. The Hall–Kier alpha value is -1.39. The van der Waals surface area contributed by atoms with Gasteiger partial charge in [-0.1, -0.05) is 6.07 Å². The monoisotopic (exact) mass is 245 g/mol. The third kappa shape index (κ3) is 2.71. The first-order valence-corrected chi connectivity index (χ1v) is 6.67. The van der Waals surface area contributed by atoms with Gasteiger partial charge in [-0.05, 0) is 37.9 Å². The number of rotatable bonds is 5. The van der Waals surface area contributed by atoms with Crippen molar-refractivity contribution >= 4 is 5.65 Å². The second-order valence-corrected chi connectivity index (χ2v) is 4.80. The maximum Gasteiger partial charge on any atom is 0.137 e. The van der Waals surface area contributed by atoms with Crippen molar-refractivity contribution < 1.29 is 4.74 Å². The molecule has 0 bridgehead atoms. The van der Waals surface area contributed by atoms with Crippen LogP contribution in [0.15, 0.2) is 30.6 Å². The highest BCUT2D eigenvalue weighted by atomic mass is 16.5. The number of imidazole rings is 1. The van der Waals surface area contributed by atoms with Gasteiger partial charge < -0.3 is 14.5 Å². The highest BCUT2D eigenvalue weighted by Gasteiger charge is 2.14. The van der Waals surface area contributed by atoms with Crippen LogP contribution in [0.4, 0.5) is 0 Å². The van der Waals surface area contributed by atoms with Crippen molar-refractivity contribution in [1.82, 2.24) is 14.7 Å². The van der Waals surface area contributed by atoms with E-state index in [1.807, 2.05) is 24.4 Å². The molecule has 2 aromatic heterocycles. The zero-order valence-corrected chi connectivity index (χ0v) is 10.5. The molecule has 4 heteroatoms. The molecule has 4 nitrogen and oxygen atoms in total. The Bertz CT molecular complexity index is 469. The van der Waals surface area contributed by atoms with Crippen LogP contribution in [0, 0.1) is 0 Å². The minimum Gasteiger partial charge on any atom is -0.378 e. The lowest BCUT2D eigenvalue weighted by Gasteiger charge is -2.08. The Morgan fingerprint density at radius 1 is 1.44 bits per heavy atom. The fraction of sp³-hybridized carbons (Fsp3) is 0.500.